The summed E-state index contributed by atoms with van der Waals surface area (Å²) in [6.45, 7) is 8.05. The number of hydrogen-bond acceptors (Lipinski definition) is 3. The zero-order valence-corrected chi connectivity index (χ0v) is 14.5. The highest BCUT2D eigenvalue weighted by Gasteiger charge is 2.10. The third kappa shape index (κ3) is 4.33. The Balaban J connectivity index is 1.77. The molecule has 2 rings (SSSR count). The molecule has 0 saturated carbocycles. The van der Waals surface area contributed by atoms with Crippen molar-refractivity contribution in [2.45, 2.75) is 26.8 Å². The van der Waals surface area contributed by atoms with Crippen molar-refractivity contribution in [1.82, 2.24) is 5.32 Å². The Hall–Kier alpha value is -0.840. The zero-order chi connectivity index (χ0) is 14.5. The first-order valence-corrected chi connectivity index (χ1v) is 8.36. The van der Waals surface area contributed by atoms with Crippen LogP contribution in [0.25, 0.3) is 0 Å². The summed E-state index contributed by atoms with van der Waals surface area (Å²) in [7, 11) is 0. The lowest BCUT2D eigenvalue weighted by Gasteiger charge is -2.14. The first kappa shape index (κ1) is 15.5. The van der Waals surface area contributed by atoms with Gasteiger partial charge in [0.25, 0.3) is 0 Å². The summed E-state index contributed by atoms with van der Waals surface area (Å²) < 4.78 is 6.76. The van der Waals surface area contributed by atoms with Gasteiger partial charge in [0.2, 0.25) is 0 Å². The minimum absolute atomic E-state index is 0.367. The van der Waals surface area contributed by atoms with Crippen molar-refractivity contribution < 1.29 is 4.74 Å². The van der Waals surface area contributed by atoms with E-state index in [0.717, 1.165) is 16.8 Å². The van der Waals surface area contributed by atoms with E-state index in [1.165, 1.54) is 15.3 Å². The highest BCUT2D eigenvalue weighted by Crippen LogP contribution is 2.26. The summed E-state index contributed by atoms with van der Waals surface area (Å²) in [5.74, 6) is 0.899. The van der Waals surface area contributed by atoms with E-state index in [2.05, 4.69) is 48.1 Å². The van der Waals surface area contributed by atoms with E-state index in [9.17, 15) is 0 Å². The van der Waals surface area contributed by atoms with E-state index in [0.29, 0.717) is 12.6 Å². The molecule has 1 heterocycles. The maximum atomic E-state index is 5.72. The van der Waals surface area contributed by atoms with E-state index >= 15 is 0 Å². The molecule has 0 aliphatic heterocycles. The number of ether oxygens (including phenoxy) is 1. The second-order valence-corrected chi connectivity index (χ2v) is 7.23. The summed E-state index contributed by atoms with van der Waals surface area (Å²) in [6.07, 6.45) is 0. The molecule has 0 spiro atoms. The molecule has 1 unspecified atom stereocenters. The lowest BCUT2D eigenvalue weighted by Crippen LogP contribution is -2.24. The molecule has 1 aromatic carbocycles. The fraction of sp³-hybridized carbons (Fsp3) is 0.375. The topological polar surface area (TPSA) is 21.3 Å². The molecular formula is C16H20BrNOS. The van der Waals surface area contributed by atoms with Gasteiger partial charge in [-0.2, -0.15) is 0 Å². The Labute approximate surface area is 133 Å². The number of nitrogens with one attached hydrogen (secondary N) is 1. The van der Waals surface area contributed by atoms with Gasteiger partial charge in [-0.1, -0.05) is 22.0 Å². The molecule has 1 atom stereocenters. The van der Waals surface area contributed by atoms with Gasteiger partial charge < -0.3 is 10.1 Å². The molecule has 0 amide bonds. The van der Waals surface area contributed by atoms with E-state index in [-0.39, 0.29) is 0 Å². The molecule has 2 nitrogen and oxygen atoms in total. The van der Waals surface area contributed by atoms with Crippen LogP contribution in [0.3, 0.4) is 0 Å². The van der Waals surface area contributed by atoms with Gasteiger partial charge in [-0.05, 0) is 50.6 Å². The van der Waals surface area contributed by atoms with Crippen LogP contribution < -0.4 is 10.1 Å². The van der Waals surface area contributed by atoms with Crippen LogP contribution in [0.2, 0.25) is 0 Å². The average molecular weight is 354 g/mol. The number of benzene rings is 1. The normalized spacial score (nSPS) is 12.4. The van der Waals surface area contributed by atoms with Crippen LogP contribution in [-0.4, -0.2) is 13.2 Å². The van der Waals surface area contributed by atoms with Crippen molar-refractivity contribution in [3.05, 3.63) is 50.1 Å². The second kappa shape index (κ2) is 7.25. The Kier molecular flexibility index (Phi) is 5.64. The van der Waals surface area contributed by atoms with Crippen LogP contribution in [0.15, 0.2) is 34.8 Å². The Morgan fingerprint density at radius 2 is 2.10 bits per heavy atom. The minimum atomic E-state index is 0.367. The number of hydrogen-bond donors (Lipinski definition) is 1. The van der Waals surface area contributed by atoms with Gasteiger partial charge in [-0.3, -0.25) is 0 Å². The molecule has 4 heteroatoms. The van der Waals surface area contributed by atoms with Crippen LogP contribution in [0.4, 0.5) is 0 Å². The molecule has 1 aromatic heterocycles. The Morgan fingerprint density at radius 3 is 2.75 bits per heavy atom. The van der Waals surface area contributed by atoms with Crippen molar-refractivity contribution in [2.24, 2.45) is 0 Å². The standard InChI is InChI=1S/C16H20BrNOS/c1-11-9-16(13(3)20-11)12(2)18-7-8-19-15-6-4-5-14(17)10-15/h4-6,9-10,12,18H,7-8H2,1-3H3. The SMILES string of the molecule is Cc1cc(C(C)NCCOc2cccc(Br)c2)c(C)s1. The maximum Gasteiger partial charge on any atom is 0.120 e. The van der Waals surface area contributed by atoms with Crippen molar-refractivity contribution in [2.75, 3.05) is 13.2 Å². The molecule has 0 radical (unpaired) electrons. The fourth-order valence-electron chi connectivity index (χ4n) is 2.19. The van der Waals surface area contributed by atoms with E-state index < -0.39 is 0 Å². The van der Waals surface area contributed by atoms with Crippen molar-refractivity contribution in [3.63, 3.8) is 0 Å². The Bertz CT molecular complexity index is 567. The smallest absolute Gasteiger partial charge is 0.120 e. The monoisotopic (exact) mass is 353 g/mol. The summed E-state index contributed by atoms with van der Waals surface area (Å²) in [4.78, 5) is 2.77. The van der Waals surface area contributed by atoms with Crippen molar-refractivity contribution in [3.8, 4) is 5.75 Å². The van der Waals surface area contributed by atoms with Gasteiger partial charge in [0, 0.05) is 26.8 Å². The molecule has 0 fully saturated rings. The molecule has 1 N–H and O–H groups in total. The summed E-state index contributed by atoms with van der Waals surface area (Å²) >= 11 is 5.30. The van der Waals surface area contributed by atoms with Gasteiger partial charge in [-0.25, -0.2) is 0 Å². The molecule has 20 heavy (non-hydrogen) atoms. The number of halogens is 1. The molecule has 2 aromatic rings. The van der Waals surface area contributed by atoms with Crippen LogP contribution in [0.1, 0.15) is 28.3 Å². The average Bonchev–Trinajstić information content (AvgIpc) is 2.74. The predicted molar refractivity (Wildman–Crippen MR) is 89.8 cm³/mol. The zero-order valence-electron chi connectivity index (χ0n) is 12.1. The van der Waals surface area contributed by atoms with Gasteiger partial charge >= 0.3 is 0 Å². The molecular weight excluding hydrogens is 334 g/mol. The van der Waals surface area contributed by atoms with Crippen LogP contribution in [0.5, 0.6) is 5.75 Å². The first-order valence-electron chi connectivity index (χ1n) is 6.75. The second-order valence-electron chi connectivity index (χ2n) is 4.85. The minimum Gasteiger partial charge on any atom is -0.492 e. The highest BCUT2D eigenvalue weighted by molar-refractivity contribution is 9.10. The van der Waals surface area contributed by atoms with Crippen molar-refractivity contribution in [1.29, 1.82) is 0 Å². The quantitative estimate of drug-likeness (QED) is 0.749. The molecule has 0 aliphatic carbocycles. The fourth-order valence-corrected chi connectivity index (χ4v) is 3.59. The first-order chi connectivity index (χ1) is 9.56. The van der Waals surface area contributed by atoms with Crippen LogP contribution in [0, 0.1) is 13.8 Å². The van der Waals surface area contributed by atoms with Gasteiger partial charge in [0.1, 0.15) is 12.4 Å². The third-order valence-corrected chi connectivity index (χ3v) is 4.64. The van der Waals surface area contributed by atoms with Crippen LogP contribution >= 0.6 is 27.3 Å². The molecule has 0 saturated heterocycles. The van der Waals surface area contributed by atoms with E-state index in [1.54, 1.807) is 0 Å². The number of thiophene rings is 1. The maximum absolute atomic E-state index is 5.72. The van der Waals surface area contributed by atoms with Gasteiger partial charge in [0.15, 0.2) is 0 Å². The third-order valence-electron chi connectivity index (χ3n) is 3.16. The molecule has 108 valence electrons. The van der Waals surface area contributed by atoms with Gasteiger partial charge in [0.05, 0.1) is 0 Å². The Morgan fingerprint density at radius 1 is 1.30 bits per heavy atom. The lowest BCUT2D eigenvalue weighted by molar-refractivity contribution is 0.307. The number of rotatable bonds is 6. The van der Waals surface area contributed by atoms with E-state index in [4.69, 9.17) is 4.74 Å². The predicted octanol–water partition coefficient (Wildman–Crippen LogP) is 4.86. The molecule has 0 aliphatic rings. The van der Waals surface area contributed by atoms with Crippen LogP contribution in [-0.2, 0) is 0 Å². The lowest BCUT2D eigenvalue weighted by atomic mass is 10.1. The van der Waals surface area contributed by atoms with E-state index in [1.807, 2.05) is 35.6 Å². The highest BCUT2D eigenvalue weighted by atomic mass is 79.9. The number of aryl methyl sites for hydroxylation is 2. The summed E-state index contributed by atoms with van der Waals surface area (Å²) in [6, 6.07) is 10.6. The largest absolute Gasteiger partial charge is 0.492 e. The summed E-state index contributed by atoms with van der Waals surface area (Å²) in [5.41, 5.74) is 1.40. The summed E-state index contributed by atoms with van der Waals surface area (Å²) in [5, 5.41) is 3.51. The molecule has 0 bridgehead atoms. The van der Waals surface area contributed by atoms with Crippen molar-refractivity contribution >= 4 is 27.3 Å². The van der Waals surface area contributed by atoms with Gasteiger partial charge in [-0.15, -0.1) is 11.3 Å².